The molecule has 1 amide bonds. The molecule has 0 bridgehead atoms. The Morgan fingerprint density at radius 2 is 2.06 bits per heavy atom. The maximum Gasteiger partial charge on any atom is 0.360 e. The lowest BCUT2D eigenvalue weighted by atomic mass is 10.1. The smallest absolute Gasteiger partial charge is 0.360 e. The van der Waals surface area contributed by atoms with Crippen LogP contribution in [0.5, 0.6) is 5.75 Å². The fourth-order valence-electron chi connectivity index (χ4n) is 2.93. The van der Waals surface area contributed by atoms with Crippen LogP contribution in [0.2, 0.25) is 0 Å². The molecule has 1 fully saturated rings. The monoisotopic (exact) mass is 426 g/mol. The Bertz CT molecular complexity index is 1240. The van der Waals surface area contributed by atoms with Crippen LogP contribution in [0.3, 0.4) is 0 Å². The standard InChI is InChI=1S/C20H21N7O4/c1-27-10-21-18(26-27)12-5-4-6-13(17(12)30-2)22-14-9-15(23-19(28)11-7-8-11)24-25-16(14)20(29)31-3/h4-6,9-11H,7-8H2,1-3H3,(H2,22,23,24,28)/i1D3. The Balaban J connectivity index is 1.71. The van der Waals surface area contributed by atoms with Crippen molar-refractivity contribution < 1.29 is 23.2 Å². The molecule has 2 aromatic heterocycles. The number of benzene rings is 1. The molecule has 11 nitrogen and oxygen atoms in total. The summed E-state index contributed by atoms with van der Waals surface area (Å²) in [6, 6.07) is 6.48. The molecule has 2 N–H and O–H groups in total. The second-order valence-electron chi connectivity index (χ2n) is 6.77. The van der Waals surface area contributed by atoms with E-state index in [9.17, 15) is 9.59 Å². The summed E-state index contributed by atoms with van der Waals surface area (Å²) >= 11 is 0. The molecule has 1 aliphatic rings. The number of methoxy groups -OCH3 is 2. The number of hydrogen-bond acceptors (Lipinski definition) is 9. The first kappa shape index (κ1) is 16.7. The second kappa shape index (κ2) is 8.38. The maximum absolute atomic E-state index is 12.3. The third-order valence-electron chi connectivity index (χ3n) is 4.59. The number of nitrogens with one attached hydrogen (secondary N) is 2. The highest BCUT2D eigenvalue weighted by molar-refractivity contribution is 5.97. The summed E-state index contributed by atoms with van der Waals surface area (Å²) in [6.45, 7) is -2.48. The zero-order valence-electron chi connectivity index (χ0n) is 19.7. The highest BCUT2D eigenvalue weighted by atomic mass is 16.5. The minimum absolute atomic E-state index is 0.0440. The van der Waals surface area contributed by atoms with E-state index in [1.807, 2.05) is 0 Å². The minimum atomic E-state index is -2.48. The van der Waals surface area contributed by atoms with Crippen molar-refractivity contribution >= 4 is 29.1 Å². The van der Waals surface area contributed by atoms with Gasteiger partial charge in [-0.25, -0.2) is 9.78 Å². The second-order valence-corrected chi connectivity index (χ2v) is 6.77. The van der Waals surface area contributed by atoms with Gasteiger partial charge in [-0.2, -0.15) is 5.10 Å². The summed E-state index contributed by atoms with van der Waals surface area (Å²) in [7, 11) is 2.64. The number of para-hydroxylation sites is 1. The first-order valence-electron chi connectivity index (χ1n) is 10.8. The normalized spacial score (nSPS) is 14.7. The Kier molecular flexibility index (Phi) is 4.53. The van der Waals surface area contributed by atoms with E-state index in [0.717, 1.165) is 23.9 Å². The summed E-state index contributed by atoms with van der Waals surface area (Å²) in [5, 5.41) is 17.6. The zero-order valence-corrected chi connectivity index (χ0v) is 16.7. The quantitative estimate of drug-likeness (QED) is 0.545. The maximum atomic E-state index is 12.3. The molecule has 0 aliphatic heterocycles. The fourth-order valence-corrected chi connectivity index (χ4v) is 2.93. The van der Waals surface area contributed by atoms with Crippen LogP contribution in [0.4, 0.5) is 17.2 Å². The van der Waals surface area contributed by atoms with E-state index in [1.54, 1.807) is 18.2 Å². The lowest BCUT2D eigenvalue weighted by molar-refractivity contribution is -0.117. The van der Waals surface area contributed by atoms with Crippen LogP contribution in [-0.4, -0.2) is 51.1 Å². The van der Waals surface area contributed by atoms with Crippen LogP contribution in [0.25, 0.3) is 11.4 Å². The van der Waals surface area contributed by atoms with Gasteiger partial charge in [0, 0.05) is 23.1 Å². The number of nitrogens with zero attached hydrogens (tertiary/aromatic N) is 5. The van der Waals surface area contributed by atoms with Crippen molar-refractivity contribution in [3.8, 4) is 17.1 Å². The molecule has 2 heterocycles. The van der Waals surface area contributed by atoms with Gasteiger partial charge in [-0.3, -0.25) is 9.48 Å². The zero-order chi connectivity index (χ0) is 24.5. The number of rotatable bonds is 7. The largest absolute Gasteiger partial charge is 0.494 e. The van der Waals surface area contributed by atoms with Crippen molar-refractivity contribution in [2.45, 2.75) is 12.8 Å². The van der Waals surface area contributed by atoms with Crippen LogP contribution < -0.4 is 15.4 Å². The summed E-state index contributed by atoms with van der Waals surface area (Å²) in [5.74, 6) is -0.348. The summed E-state index contributed by atoms with van der Waals surface area (Å²) in [5.41, 5.74) is 0.927. The van der Waals surface area contributed by atoms with Gasteiger partial charge in [0.25, 0.3) is 0 Å². The van der Waals surface area contributed by atoms with Crippen LogP contribution in [0.1, 0.15) is 27.4 Å². The van der Waals surface area contributed by atoms with E-state index in [0.29, 0.717) is 17.0 Å². The van der Waals surface area contributed by atoms with E-state index in [-0.39, 0.29) is 34.8 Å². The highest BCUT2D eigenvalue weighted by Gasteiger charge is 2.30. The van der Waals surface area contributed by atoms with E-state index in [1.165, 1.54) is 20.3 Å². The Morgan fingerprint density at radius 3 is 2.74 bits per heavy atom. The molecule has 3 aromatic rings. The summed E-state index contributed by atoms with van der Waals surface area (Å²) in [6.07, 6.45) is 2.75. The third-order valence-corrected chi connectivity index (χ3v) is 4.59. The number of aryl methyl sites for hydroxylation is 1. The lowest BCUT2D eigenvalue weighted by Crippen LogP contribution is -2.17. The van der Waals surface area contributed by atoms with Crippen molar-refractivity contribution in [1.29, 1.82) is 0 Å². The number of anilines is 3. The summed E-state index contributed by atoms with van der Waals surface area (Å²) < 4.78 is 33.6. The van der Waals surface area contributed by atoms with Gasteiger partial charge in [-0.1, -0.05) is 6.07 Å². The molecule has 160 valence electrons. The molecule has 4 rings (SSSR count). The molecule has 31 heavy (non-hydrogen) atoms. The number of hydrogen-bond donors (Lipinski definition) is 2. The average Bonchev–Trinajstić information content (AvgIpc) is 3.54. The number of carbonyl (C=O) groups is 2. The number of carbonyl (C=O) groups excluding carboxylic acids is 2. The van der Waals surface area contributed by atoms with Gasteiger partial charge in [0.05, 0.1) is 31.2 Å². The third kappa shape index (κ3) is 4.29. The first-order valence-corrected chi connectivity index (χ1v) is 9.34. The van der Waals surface area contributed by atoms with Crippen LogP contribution in [-0.2, 0) is 16.5 Å². The van der Waals surface area contributed by atoms with Crippen molar-refractivity contribution in [1.82, 2.24) is 25.0 Å². The highest BCUT2D eigenvalue weighted by Crippen LogP contribution is 2.37. The van der Waals surface area contributed by atoms with Gasteiger partial charge in [-0.15, -0.1) is 10.2 Å². The molecule has 0 radical (unpaired) electrons. The number of amides is 1. The molecule has 1 aliphatic carbocycles. The van der Waals surface area contributed by atoms with Crippen LogP contribution in [0.15, 0.2) is 30.6 Å². The van der Waals surface area contributed by atoms with E-state index in [4.69, 9.17) is 13.6 Å². The fraction of sp³-hybridized carbons (Fsp3) is 0.300. The van der Waals surface area contributed by atoms with Crippen molar-refractivity contribution in [2.75, 3.05) is 24.9 Å². The van der Waals surface area contributed by atoms with Gasteiger partial charge < -0.3 is 20.1 Å². The van der Waals surface area contributed by atoms with E-state index in [2.05, 4.69) is 30.9 Å². The molecule has 0 saturated heterocycles. The molecule has 1 saturated carbocycles. The lowest BCUT2D eigenvalue weighted by Gasteiger charge is -2.15. The Labute approximate surface area is 182 Å². The van der Waals surface area contributed by atoms with Gasteiger partial charge in [-0.05, 0) is 25.0 Å². The predicted octanol–water partition coefficient (Wildman–Crippen LogP) is 2.16. The van der Waals surface area contributed by atoms with E-state index >= 15 is 0 Å². The molecule has 11 heteroatoms. The van der Waals surface area contributed by atoms with Crippen LogP contribution in [0, 0.1) is 5.92 Å². The summed E-state index contributed by atoms with van der Waals surface area (Å²) in [4.78, 5) is 28.5. The Hall–Kier alpha value is -4.02. The number of esters is 1. The van der Waals surface area contributed by atoms with Gasteiger partial charge in [0.2, 0.25) is 5.91 Å². The van der Waals surface area contributed by atoms with Crippen LogP contribution >= 0.6 is 0 Å². The average molecular weight is 426 g/mol. The van der Waals surface area contributed by atoms with Crippen molar-refractivity contribution in [3.63, 3.8) is 0 Å². The molecule has 0 atom stereocenters. The predicted molar refractivity (Wildman–Crippen MR) is 111 cm³/mol. The SMILES string of the molecule is [2H]C([2H])([2H])n1cnc(-c2cccc(Nc3cc(NC(=O)C4CC4)nnc3C(=O)OC)c2OC)n1. The topological polar surface area (TPSA) is 133 Å². The van der Waals surface area contributed by atoms with Gasteiger partial charge >= 0.3 is 5.97 Å². The minimum Gasteiger partial charge on any atom is -0.494 e. The molecule has 0 unspecified atom stereocenters. The molecule has 0 spiro atoms. The van der Waals surface area contributed by atoms with Crippen molar-refractivity contribution in [2.24, 2.45) is 12.9 Å². The number of ether oxygens (including phenoxy) is 2. The molecule has 1 aromatic carbocycles. The first-order chi connectivity index (χ1) is 16.2. The molecular formula is C20H21N7O4. The van der Waals surface area contributed by atoms with Gasteiger partial charge in [0.1, 0.15) is 6.33 Å². The Morgan fingerprint density at radius 1 is 1.23 bits per heavy atom. The van der Waals surface area contributed by atoms with Crippen molar-refractivity contribution in [3.05, 3.63) is 36.3 Å². The molecular weight excluding hydrogens is 402 g/mol. The van der Waals surface area contributed by atoms with Gasteiger partial charge in [0.15, 0.2) is 23.1 Å². The van der Waals surface area contributed by atoms with E-state index < -0.39 is 12.9 Å². The number of aromatic nitrogens is 5.